The van der Waals surface area contributed by atoms with E-state index in [0.29, 0.717) is 41.3 Å². The Morgan fingerprint density at radius 2 is 1.95 bits per heavy atom. The molecule has 190 valence electrons. The summed E-state index contributed by atoms with van der Waals surface area (Å²) in [6, 6.07) is 9.89. The number of aryl methyl sites for hydroxylation is 1. The molecular weight excluding hydrogens is 468 g/mol. The Kier molecular flexibility index (Phi) is 6.63. The number of anilines is 1. The summed E-state index contributed by atoms with van der Waals surface area (Å²) in [6.45, 7) is 7.47. The highest BCUT2D eigenvalue weighted by atomic mass is 16.2. The normalized spacial score (nSPS) is 14.1. The second kappa shape index (κ2) is 10.0. The van der Waals surface area contributed by atoms with Crippen molar-refractivity contribution in [3.05, 3.63) is 74.3 Å². The zero-order chi connectivity index (χ0) is 26.1. The summed E-state index contributed by atoms with van der Waals surface area (Å²) >= 11 is 0. The molecule has 1 N–H and O–H groups in total. The lowest BCUT2D eigenvalue weighted by molar-refractivity contribution is 0.634. The van der Waals surface area contributed by atoms with Crippen LogP contribution in [0.2, 0.25) is 0 Å². The van der Waals surface area contributed by atoms with Crippen LogP contribution in [0.3, 0.4) is 0 Å². The highest BCUT2D eigenvalue weighted by molar-refractivity contribution is 5.90. The maximum absolute atomic E-state index is 14.0. The average molecular weight is 499 g/mol. The lowest BCUT2D eigenvalue weighted by atomic mass is 10.2. The first kappa shape index (κ1) is 24.5. The molecular formula is C27H30N8O2. The first-order valence-electron chi connectivity index (χ1n) is 12.5. The number of rotatable bonds is 5. The molecule has 10 heteroatoms. The number of hydrogen-bond acceptors (Lipinski definition) is 7. The van der Waals surface area contributed by atoms with Gasteiger partial charge in [0.25, 0.3) is 5.56 Å². The molecule has 1 aliphatic heterocycles. The number of nitriles is 1. The number of fused-ring (bicyclic) bond motifs is 2. The lowest BCUT2D eigenvalue weighted by Crippen LogP contribution is -2.40. The molecule has 0 bridgehead atoms. The monoisotopic (exact) mass is 498 g/mol. The van der Waals surface area contributed by atoms with Crippen molar-refractivity contribution in [3.8, 4) is 6.07 Å². The molecule has 1 aliphatic rings. The molecule has 0 saturated carbocycles. The summed E-state index contributed by atoms with van der Waals surface area (Å²) in [5.74, 6) is 1.06. The Balaban J connectivity index is 1.76. The molecule has 4 aromatic rings. The molecule has 0 unspecified atom stereocenters. The summed E-state index contributed by atoms with van der Waals surface area (Å²) in [7, 11) is 1.61. The van der Waals surface area contributed by atoms with Gasteiger partial charge in [-0.05, 0) is 32.9 Å². The standard InChI is InChI=1S/C27H30N8O2/c1-18(2)9-13-34-24-23(20(15-28)25(34)33-12-6-10-29-11-14-33)32(3)27(37)35(26(24)36)17-22-30-16-19-7-4-5-8-21(19)31-22/h4-5,7-9,16,29H,6,10-14,17H2,1-3H3. The third-order valence-electron chi connectivity index (χ3n) is 6.78. The summed E-state index contributed by atoms with van der Waals surface area (Å²) in [4.78, 5) is 38.6. The van der Waals surface area contributed by atoms with Crippen molar-refractivity contribution in [3.63, 3.8) is 0 Å². The number of allylic oxidation sites excluding steroid dienone is 2. The van der Waals surface area contributed by atoms with Crippen LogP contribution < -0.4 is 21.5 Å². The van der Waals surface area contributed by atoms with Crippen molar-refractivity contribution in [2.75, 3.05) is 31.1 Å². The average Bonchev–Trinajstić information content (AvgIpc) is 3.02. The van der Waals surface area contributed by atoms with Gasteiger partial charge in [0.05, 0.1) is 17.6 Å². The maximum atomic E-state index is 14.0. The fourth-order valence-electron chi connectivity index (χ4n) is 4.94. The molecule has 10 nitrogen and oxygen atoms in total. The van der Waals surface area contributed by atoms with Crippen molar-refractivity contribution < 1.29 is 0 Å². The van der Waals surface area contributed by atoms with Gasteiger partial charge in [0.15, 0.2) is 0 Å². The van der Waals surface area contributed by atoms with E-state index < -0.39 is 11.2 Å². The van der Waals surface area contributed by atoms with Gasteiger partial charge in [-0.15, -0.1) is 0 Å². The third kappa shape index (κ3) is 4.42. The van der Waals surface area contributed by atoms with Gasteiger partial charge in [-0.3, -0.25) is 13.9 Å². The van der Waals surface area contributed by atoms with Crippen LogP contribution in [0.4, 0.5) is 5.82 Å². The van der Waals surface area contributed by atoms with Crippen molar-refractivity contribution in [2.24, 2.45) is 7.05 Å². The maximum Gasteiger partial charge on any atom is 0.331 e. The van der Waals surface area contributed by atoms with Crippen LogP contribution in [-0.2, 0) is 20.1 Å². The first-order valence-corrected chi connectivity index (χ1v) is 12.5. The number of nitrogens with zero attached hydrogens (tertiary/aromatic N) is 7. The van der Waals surface area contributed by atoms with Crippen molar-refractivity contribution in [1.29, 1.82) is 5.26 Å². The number of para-hydroxylation sites is 1. The van der Waals surface area contributed by atoms with E-state index in [1.807, 2.05) is 48.8 Å². The molecule has 1 aromatic carbocycles. The van der Waals surface area contributed by atoms with Gasteiger partial charge in [0.1, 0.15) is 28.8 Å². The number of benzene rings is 1. The predicted octanol–water partition coefficient (Wildman–Crippen LogP) is 2.13. The molecule has 3 aromatic heterocycles. The van der Waals surface area contributed by atoms with Gasteiger partial charge in [-0.1, -0.05) is 29.8 Å². The fraction of sp³-hybridized carbons (Fsp3) is 0.370. The smallest absolute Gasteiger partial charge is 0.331 e. The van der Waals surface area contributed by atoms with E-state index in [0.717, 1.165) is 42.5 Å². The van der Waals surface area contributed by atoms with Crippen molar-refractivity contribution >= 4 is 27.8 Å². The third-order valence-corrected chi connectivity index (χ3v) is 6.78. The van der Waals surface area contributed by atoms with Crippen LogP contribution in [0.15, 0.2) is 51.7 Å². The zero-order valence-electron chi connectivity index (χ0n) is 21.4. The second-order valence-corrected chi connectivity index (χ2v) is 9.57. The van der Waals surface area contributed by atoms with Crippen LogP contribution in [0.1, 0.15) is 31.7 Å². The van der Waals surface area contributed by atoms with Gasteiger partial charge in [0.2, 0.25) is 0 Å². The Bertz CT molecular complexity index is 1670. The molecule has 0 aliphatic carbocycles. The van der Waals surface area contributed by atoms with Gasteiger partial charge in [-0.25, -0.2) is 14.8 Å². The van der Waals surface area contributed by atoms with Crippen LogP contribution >= 0.6 is 0 Å². The van der Waals surface area contributed by atoms with Crippen molar-refractivity contribution in [1.82, 2.24) is 29.0 Å². The molecule has 5 rings (SSSR count). The minimum absolute atomic E-state index is 0.0645. The summed E-state index contributed by atoms with van der Waals surface area (Å²) in [5, 5.41) is 14.5. The van der Waals surface area contributed by atoms with E-state index in [9.17, 15) is 14.9 Å². The predicted molar refractivity (Wildman–Crippen MR) is 144 cm³/mol. The van der Waals surface area contributed by atoms with Crippen LogP contribution in [0.5, 0.6) is 0 Å². The molecule has 0 atom stereocenters. The highest BCUT2D eigenvalue weighted by Crippen LogP contribution is 2.31. The zero-order valence-corrected chi connectivity index (χ0v) is 21.4. The van der Waals surface area contributed by atoms with E-state index in [-0.39, 0.29) is 6.54 Å². The van der Waals surface area contributed by atoms with Gasteiger partial charge in [-0.2, -0.15) is 5.26 Å². The number of hydrogen-bond donors (Lipinski definition) is 1. The summed E-state index contributed by atoms with van der Waals surface area (Å²) < 4.78 is 4.47. The Hall–Kier alpha value is -4.23. The van der Waals surface area contributed by atoms with Crippen molar-refractivity contribution in [2.45, 2.75) is 33.4 Å². The molecule has 1 fully saturated rings. The van der Waals surface area contributed by atoms with Crippen LogP contribution in [0.25, 0.3) is 21.9 Å². The first-order chi connectivity index (χ1) is 17.9. The molecule has 1 saturated heterocycles. The Morgan fingerprint density at radius 1 is 1.14 bits per heavy atom. The fourth-order valence-corrected chi connectivity index (χ4v) is 4.94. The Morgan fingerprint density at radius 3 is 2.73 bits per heavy atom. The van der Waals surface area contributed by atoms with E-state index in [1.54, 1.807) is 13.2 Å². The minimum atomic E-state index is -0.505. The van der Waals surface area contributed by atoms with E-state index >= 15 is 0 Å². The topological polar surface area (TPSA) is 114 Å². The van der Waals surface area contributed by atoms with Gasteiger partial charge < -0.3 is 14.8 Å². The highest BCUT2D eigenvalue weighted by Gasteiger charge is 2.28. The Labute approximate surface area is 214 Å². The number of nitrogens with one attached hydrogen (secondary N) is 1. The molecule has 4 heterocycles. The van der Waals surface area contributed by atoms with E-state index in [1.165, 1.54) is 9.13 Å². The van der Waals surface area contributed by atoms with Crippen LogP contribution in [0, 0.1) is 11.3 Å². The van der Waals surface area contributed by atoms with E-state index in [4.69, 9.17) is 0 Å². The molecule has 0 spiro atoms. The van der Waals surface area contributed by atoms with Gasteiger partial charge >= 0.3 is 5.69 Å². The quantitative estimate of drug-likeness (QED) is 0.419. The lowest BCUT2D eigenvalue weighted by Gasteiger charge is -2.24. The molecule has 37 heavy (non-hydrogen) atoms. The van der Waals surface area contributed by atoms with Crippen LogP contribution in [-0.4, -0.2) is 49.8 Å². The van der Waals surface area contributed by atoms with Gasteiger partial charge in [0, 0.05) is 44.8 Å². The SMILES string of the molecule is CC(C)=CCn1c(N2CCCNCC2)c(C#N)c2c1c(=O)n(Cc1ncc3ccccc3n1)c(=O)n2C. The molecule has 0 amide bonds. The summed E-state index contributed by atoms with van der Waals surface area (Å²) in [5.41, 5.74) is 1.94. The minimum Gasteiger partial charge on any atom is -0.356 e. The number of aromatic nitrogens is 5. The largest absolute Gasteiger partial charge is 0.356 e. The second-order valence-electron chi connectivity index (χ2n) is 9.57. The van der Waals surface area contributed by atoms with E-state index in [2.05, 4.69) is 26.3 Å². The molecule has 0 radical (unpaired) electrons. The summed E-state index contributed by atoms with van der Waals surface area (Å²) in [6.07, 6.45) is 4.64.